The van der Waals surface area contributed by atoms with Crippen LogP contribution in [-0.2, 0) is 12.8 Å². The molecule has 0 aromatic heterocycles. The third kappa shape index (κ3) is 2.93. The van der Waals surface area contributed by atoms with Gasteiger partial charge in [0.05, 0.1) is 0 Å². The maximum absolute atomic E-state index is 10.0. The molecule has 0 aliphatic heterocycles. The molecule has 0 saturated heterocycles. The molecule has 0 unspecified atom stereocenters. The third-order valence-electron chi connectivity index (χ3n) is 4.46. The summed E-state index contributed by atoms with van der Waals surface area (Å²) >= 11 is 0. The van der Waals surface area contributed by atoms with Crippen LogP contribution in [0.4, 0.5) is 0 Å². The van der Waals surface area contributed by atoms with Crippen LogP contribution in [-0.4, -0.2) is 34.2 Å². The van der Waals surface area contributed by atoms with Gasteiger partial charge in [-0.05, 0) is 56.3 Å². The van der Waals surface area contributed by atoms with Crippen molar-refractivity contribution in [3.8, 4) is 11.5 Å². The summed E-state index contributed by atoms with van der Waals surface area (Å²) < 4.78 is 0. The zero-order valence-electron chi connectivity index (χ0n) is 12.9. The van der Waals surface area contributed by atoms with Crippen LogP contribution in [0.1, 0.15) is 44.7 Å². The smallest absolute Gasteiger partial charge is 0.160 e. The highest BCUT2D eigenvalue weighted by Gasteiger charge is 2.31. The van der Waals surface area contributed by atoms with Crippen LogP contribution in [0, 0.1) is 5.92 Å². The Labute approximate surface area is 122 Å². The van der Waals surface area contributed by atoms with Crippen molar-refractivity contribution in [3.05, 3.63) is 23.3 Å². The Balaban J connectivity index is 2.24. The molecule has 0 radical (unpaired) electrons. The molecular formula is C17H27NO2. The minimum absolute atomic E-state index is 0.00775. The van der Waals surface area contributed by atoms with Gasteiger partial charge in [0.25, 0.3) is 0 Å². The lowest BCUT2D eigenvalue weighted by Crippen LogP contribution is -2.45. The van der Waals surface area contributed by atoms with Gasteiger partial charge in [-0.15, -0.1) is 0 Å². The summed E-state index contributed by atoms with van der Waals surface area (Å²) in [5, 5.41) is 19.7. The van der Waals surface area contributed by atoms with Crippen LogP contribution < -0.4 is 0 Å². The Morgan fingerprint density at radius 2 is 1.75 bits per heavy atom. The van der Waals surface area contributed by atoms with E-state index in [-0.39, 0.29) is 11.5 Å². The fourth-order valence-electron chi connectivity index (χ4n) is 3.48. The zero-order chi connectivity index (χ0) is 14.7. The van der Waals surface area contributed by atoms with Crippen molar-refractivity contribution in [2.75, 3.05) is 13.1 Å². The monoisotopic (exact) mass is 277 g/mol. The van der Waals surface area contributed by atoms with Gasteiger partial charge in [-0.2, -0.15) is 0 Å². The van der Waals surface area contributed by atoms with Crippen LogP contribution in [0.5, 0.6) is 11.5 Å². The average molecular weight is 277 g/mol. The van der Waals surface area contributed by atoms with Crippen molar-refractivity contribution < 1.29 is 10.2 Å². The molecule has 2 atom stereocenters. The van der Waals surface area contributed by atoms with Crippen LogP contribution in [0.2, 0.25) is 0 Å². The fraction of sp³-hybridized carbons (Fsp3) is 0.647. The first-order valence-corrected chi connectivity index (χ1v) is 7.85. The number of hydrogen-bond donors (Lipinski definition) is 2. The summed E-state index contributed by atoms with van der Waals surface area (Å²) in [6, 6.07) is 4.14. The highest BCUT2D eigenvalue weighted by molar-refractivity contribution is 5.50. The van der Waals surface area contributed by atoms with E-state index in [1.54, 1.807) is 6.07 Å². The van der Waals surface area contributed by atoms with Gasteiger partial charge in [0.15, 0.2) is 11.5 Å². The van der Waals surface area contributed by atoms with E-state index in [1.807, 2.05) is 6.07 Å². The minimum Gasteiger partial charge on any atom is -0.504 e. The SMILES string of the molecule is CCCN(CCC)[C@@H]1Cc2ccc(O)c(O)c2C[C@H]1C. The molecule has 2 rings (SSSR count). The first-order valence-electron chi connectivity index (χ1n) is 7.85. The van der Waals surface area contributed by atoms with Crippen LogP contribution in [0.15, 0.2) is 12.1 Å². The predicted molar refractivity (Wildman–Crippen MR) is 82.3 cm³/mol. The molecule has 0 saturated carbocycles. The van der Waals surface area contributed by atoms with Gasteiger partial charge in [-0.3, -0.25) is 4.90 Å². The van der Waals surface area contributed by atoms with Gasteiger partial charge < -0.3 is 10.2 Å². The van der Waals surface area contributed by atoms with Crippen molar-refractivity contribution in [2.45, 2.75) is 52.5 Å². The van der Waals surface area contributed by atoms with Crippen molar-refractivity contribution in [2.24, 2.45) is 5.92 Å². The van der Waals surface area contributed by atoms with Crippen LogP contribution in [0.25, 0.3) is 0 Å². The van der Waals surface area contributed by atoms with Gasteiger partial charge in [0.1, 0.15) is 0 Å². The van der Waals surface area contributed by atoms with Crippen LogP contribution in [0.3, 0.4) is 0 Å². The molecule has 0 amide bonds. The molecule has 0 bridgehead atoms. The Bertz CT molecular complexity index is 453. The zero-order valence-corrected chi connectivity index (χ0v) is 12.9. The summed E-state index contributed by atoms with van der Waals surface area (Å²) in [5.74, 6) is 0.604. The molecule has 1 aliphatic carbocycles. The lowest BCUT2D eigenvalue weighted by molar-refractivity contribution is 0.138. The quantitative estimate of drug-likeness (QED) is 0.811. The molecule has 1 aromatic rings. The summed E-state index contributed by atoms with van der Waals surface area (Å²) in [6.45, 7) is 9.00. The van der Waals surface area contributed by atoms with Gasteiger partial charge in [0, 0.05) is 11.6 Å². The van der Waals surface area contributed by atoms with Gasteiger partial charge >= 0.3 is 0 Å². The van der Waals surface area contributed by atoms with E-state index in [1.165, 1.54) is 18.4 Å². The van der Waals surface area contributed by atoms with E-state index < -0.39 is 0 Å². The summed E-state index contributed by atoms with van der Waals surface area (Å²) in [7, 11) is 0. The molecule has 112 valence electrons. The Morgan fingerprint density at radius 1 is 1.10 bits per heavy atom. The molecule has 1 aromatic carbocycles. The molecule has 2 N–H and O–H groups in total. The fourth-order valence-corrected chi connectivity index (χ4v) is 3.48. The number of hydrogen-bond acceptors (Lipinski definition) is 3. The molecule has 3 nitrogen and oxygen atoms in total. The first kappa shape index (κ1) is 15.2. The lowest BCUT2D eigenvalue weighted by atomic mass is 9.79. The Morgan fingerprint density at radius 3 is 2.35 bits per heavy atom. The number of phenolic OH excluding ortho intramolecular Hbond substituents is 2. The van der Waals surface area contributed by atoms with Gasteiger partial charge in [-0.25, -0.2) is 0 Å². The minimum atomic E-state index is 0.00775. The second-order valence-corrected chi connectivity index (χ2v) is 6.06. The molecule has 20 heavy (non-hydrogen) atoms. The highest BCUT2D eigenvalue weighted by atomic mass is 16.3. The van der Waals surface area contributed by atoms with E-state index in [2.05, 4.69) is 25.7 Å². The van der Waals surface area contributed by atoms with Crippen molar-refractivity contribution in [1.82, 2.24) is 4.90 Å². The number of nitrogens with zero attached hydrogens (tertiary/aromatic N) is 1. The maximum Gasteiger partial charge on any atom is 0.160 e. The molecule has 0 fully saturated rings. The topological polar surface area (TPSA) is 43.7 Å². The molecular weight excluding hydrogens is 250 g/mol. The highest BCUT2D eigenvalue weighted by Crippen LogP contribution is 2.38. The number of aromatic hydroxyl groups is 2. The largest absolute Gasteiger partial charge is 0.504 e. The second-order valence-electron chi connectivity index (χ2n) is 6.06. The standard InChI is InChI=1S/C17H27NO2/c1-4-8-18(9-5-2)15-11-13-6-7-16(19)17(20)14(13)10-12(15)3/h6-7,12,15,19-20H,4-5,8-11H2,1-3H3/t12-,15-/m1/s1. The number of fused-ring (bicyclic) bond motifs is 1. The van der Waals surface area contributed by atoms with Gasteiger partial charge in [0.2, 0.25) is 0 Å². The third-order valence-corrected chi connectivity index (χ3v) is 4.46. The number of rotatable bonds is 5. The van der Waals surface area contributed by atoms with E-state index in [0.717, 1.165) is 31.5 Å². The van der Waals surface area contributed by atoms with E-state index in [4.69, 9.17) is 0 Å². The first-order chi connectivity index (χ1) is 9.58. The summed E-state index contributed by atoms with van der Waals surface area (Å²) in [6.07, 6.45) is 4.18. The van der Waals surface area contributed by atoms with Crippen molar-refractivity contribution >= 4 is 0 Å². The van der Waals surface area contributed by atoms with E-state index in [9.17, 15) is 10.2 Å². The normalized spacial score (nSPS) is 22.0. The van der Waals surface area contributed by atoms with E-state index >= 15 is 0 Å². The molecule has 0 heterocycles. The predicted octanol–water partition coefficient (Wildman–Crippen LogP) is 3.32. The second kappa shape index (κ2) is 6.49. The lowest BCUT2D eigenvalue weighted by Gasteiger charge is -2.39. The van der Waals surface area contributed by atoms with Crippen molar-refractivity contribution in [3.63, 3.8) is 0 Å². The van der Waals surface area contributed by atoms with Crippen LogP contribution >= 0.6 is 0 Å². The summed E-state index contributed by atoms with van der Waals surface area (Å²) in [5.41, 5.74) is 2.14. The Kier molecular flexibility index (Phi) is 4.92. The van der Waals surface area contributed by atoms with E-state index in [0.29, 0.717) is 12.0 Å². The van der Waals surface area contributed by atoms with Crippen molar-refractivity contribution in [1.29, 1.82) is 0 Å². The van der Waals surface area contributed by atoms with Gasteiger partial charge in [-0.1, -0.05) is 26.8 Å². The summed E-state index contributed by atoms with van der Waals surface area (Å²) in [4.78, 5) is 2.59. The number of phenols is 2. The number of benzene rings is 1. The molecule has 1 aliphatic rings. The Hall–Kier alpha value is -1.22. The maximum atomic E-state index is 10.0. The molecule has 0 spiro atoms. The molecule has 3 heteroatoms. The average Bonchev–Trinajstić information content (AvgIpc) is 2.43.